The van der Waals surface area contributed by atoms with Gasteiger partial charge in [-0.1, -0.05) is 0 Å². The third kappa shape index (κ3) is 7.00. The number of ether oxygens (including phenoxy) is 2. The molecule has 1 aromatic rings. The third-order valence-corrected chi connectivity index (χ3v) is 5.51. The van der Waals surface area contributed by atoms with Crippen molar-refractivity contribution in [2.24, 2.45) is 0 Å². The van der Waals surface area contributed by atoms with Gasteiger partial charge in [0.2, 0.25) is 10.0 Å². The fraction of sp³-hybridized carbons (Fsp3) is 0.611. The van der Waals surface area contributed by atoms with Gasteiger partial charge < -0.3 is 20.1 Å². The van der Waals surface area contributed by atoms with Crippen molar-refractivity contribution in [3.05, 3.63) is 24.3 Å². The molecule has 0 atom stereocenters. The van der Waals surface area contributed by atoms with Crippen molar-refractivity contribution in [2.45, 2.75) is 50.2 Å². The van der Waals surface area contributed by atoms with Crippen molar-refractivity contribution < 1.29 is 22.7 Å². The second kappa shape index (κ2) is 8.90. The molecule has 152 valence electrons. The van der Waals surface area contributed by atoms with Crippen LogP contribution >= 0.6 is 0 Å². The molecular weight excluding hydrogens is 370 g/mol. The van der Waals surface area contributed by atoms with Gasteiger partial charge in [0, 0.05) is 25.3 Å². The first-order chi connectivity index (χ1) is 12.6. The van der Waals surface area contributed by atoms with Crippen LogP contribution in [0.15, 0.2) is 29.2 Å². The number of benzene rings is 1. The Hall–Kier alpha value is -1.84. The predicted octanol–water partition coefficient (Wildman–Crippen LogP) is 1.96. The molecule has 0 radical (unpaired) electrons. The summed E-state index contributed by atoms with van der Waals surface area (Å²) in [7, 11) is -3.57. The number of nitrogen functional groups attached to an aromatic ring is 1. The van der Waals surface area contributed by atoms with Crippen LogP contribution in [0.5, 0.6) is 0 Å². The van der Waals surface area contributed by atoms with Gasteiger partial charge in [-0.15, -0.1) is 0 Å². The summed E-state index contributed by atoms with van der Waals surface area (Å²) in [5.74, 6) is 0. The molecule has 0 unspecified atom stereocenters. The van der Waals surface area contributed by atoms with Crippen molar-refractivity contribution in [2.75, 3.05) is 32.0 Å². The summed E-state index contributed by atoms with van der Waals surface area (Å²) in [6.45, 7) is 7.10. The quantitative estimate of drug-likeness (QED) is 0.559. The monoisotopic (exact) mass is 399 g/mol. The van der Waals surface area contributed by atoms with Gasteiger partial charge in [0.05, 0.1) is 17.6 Å². The maximum absolute atomic E-state index is 12.2. The molecule has 1 aliphatic heterocycles. The third-order valence-electron chi connectivity index (χ3n) is 4.03. The van der Waals surface area contributed by atoms with E-state index in [1.54, 1.807) is 17.0 Å². The lowest BCUT2D eigenvalue weighted by Gasteiger charge is -2.33. The summed E-state index contributed by atoms with van der Waals surface area (Å²) < 4.78 is 37.9. The number of nitrogens with one attached hydrogen (secondary N) is 1. The van der Waals surface area contributed by atoms with E-state index in [0.717, 1.165) is 0 Å². The first-order valence-corrected chi connectivity index (χ1v) is 10.5. The van der Waals surface area contributed by atoms with Crippen molar-refractivity contribution >= 4 is 21.8 Å². The molecule has 0 saturated carbocycles. The van der Waals surface area contributed by atoms with Gasteiger partial charge >= 0.3 is 6.09 Å². The normalized spacial score (nSPS) is 16.3. The summed E-state index contributed by atoms with van der Waals surface area (Å²) in [6.07, 6.45) is 1.09. The summed E-state index contributed by atoms with van der Waals surface area (Å²) >= 11 is 0. The number of carbonyl (C=O) groups excluding carboxylic acids is 1. The lowest BCUT2D eigenvalue weighted by Crippen LogP contribution is -2.43. The van der Waals surface area contributed by atoms with E-state index in [1.165, 1.54) is 12.1 Å². The van der Waals surface area contributed by atoms with Crippen molar-refractivity contribution in [3.63, 3.8) is 0 Å². The van der Waals surface area contributed by atoms with Crippen LogP contribution in [0.4, 0.5) is 10.5 Å². The highest BCUT2D eigenvalue weighted by Gasteiger charge is 2.27. The number of likely N-dealkylation sites (tertiary alicyclic amines) is 1. The number of carbonyl (C=O) groups is 1. The van der Waals surface area contributed by atoms with Crippen LogP contribution in [0.2, 0.25) is 0 Å². The molecule has 1 amide bonds. The Bertz CT molecular complexity index is 720. The topological polar surface area (TPSA) is 111 Å². The Morgan fingerprint density at radius 2 is 1.81 bits per heavy atom. The van der Waals surface area contributed by atoms with Crippen molar-refractivity contribution in [1.29, 1.82) is 0 Å². The van der Waals surface area contributed by atoms with E-state index in [-0.39, 0.29) is 30.2 Å². The zero-order valence-electron chi connectivity index (χ0n) is 16.1. The summed E-state index contributed by atoms with van der Waals surface area (Å²) in [6, 6.07) is 6.02. The molecule has 0 aliphatic carbocycles. The average molecular weight is 400 g/mol. The number of nitrogens with zero attached hydrogens (tertiary/aromatic N) is 1. The van der Waals surface area contributed by atoms with Gasteiger partial charge in [0.25, 0.3) is 0 Å². The van der Waals surface area contributed by atoms with E-state index in [0.29, 0.717) is 31.6 Å². The first kappa shape index (κ1) is 21.5. The van der Waals surface area contributed by atoms with E-state index >= 15 is 0 Å². The van der Waals surface area contributed by atoms with Crippen LogP contribution < -0.4 is 10.5 Å². The molecule has 1 aromatic carbocycles. The number of hydrogen-bond acceptors (Lipinski definition) is 6. The molecule has 3 N–H and O–H groups in total. The second-order valence-corrected chi connectivity index (χ2v) is 9.27. The Balaban J connectivity index is 1.68. The molecule has 1 fully saturated rings. The molecule has 27 heavy (non-hydrogen) atoms. The van der Waals surface area contributed by atoms with Crippen LogP contribution in [0.3, 0.4) is 0 Å². The fourth-order valence-electron chi connectivity index (χ4n) is 2.66. The largest absolute Gasteiger partial charge is 0.444 e. The maximum atomic E-state index is 12.2. The molecular formula is C18H29N3O5S. The van der Waals surface area contributed by atoms with Gasteiger partial charge in [0.1, 0.15) is 5.60 Å². The summed E-state index contributed by atoms with van der Waals surface area (Å²) in [5, 5.41) is 0. The highest BCUT2D eigenvalue weighted by molar-refractivity contribution is 7.89. The number of hydrogen-bond donors (Lipinski definition) is 2. The molecule has 9 heteroatoms. The Labute approximate surface area is 161 Å². The Kier molecular flexibility index (Phi) is 7.07. The lowest BCUT2D eigenvalue weighted by atomic mass is 10.1. The predicted molar refractivity (Wildman–Crippen MR) is 103 cm³/mol. The minimum atomic E-state index is -3.57. The van der Waals surface area contributed by atoms with E-state index in [2.05, 4.69) is 4.72 Å². The highest BCUT2D eigenvalue weighted by atomic mass is 32.2. The van der Waals surface area contributed by atoms with E-state index < -0.39 is 15.6 Å². The molecule has 8 nitrogen and oxygen atoms in total. The number of sulfonamides is 1. The van der Waals surface area contributed by atoms with Crippen LogP contribution in [-0.4, -0.2) is 57.4 Å². The SMILES string of the molecule is CC(C)(C)OC(=O)N1CCC(OCCNS(=O)(=O)c2ccc(N)cc2)CC1. The van der Waals surface area contributed by atoms with Crippen molar-refractivity contribution in [3.8, 4) is 0 Å². The second-order valence-electron chi connectivity index (χ2n) is 7.50. The number of piperidine rings is 1. The highest BCUT2D eigenvalue weighted by Crippen LogP contribution is 2.17. The molecule has 2 rings (SSSR count). The Morgan fingerprint density at radius 1 is 1.22 bits per heavy atom. The maximum Gasteiger partial charge on any atom is 0.410 e. The van der Waals surface area contributed by atoms with Crippen LogP contribution in [0.1, 0.15) is 33.6 Å². The van der Waals surface area contributed by atoms with Gasteiger partial charge in [-0.25, -0.2) is 17.9 Å². The number of rotatable bonds is 6. The molecule has 0 spiro atoms. The van der Waals surface area contributed by atoms with Gasteiger partial charge in [-0.3, -0.25) is 0 Å². The molecule has 0 bridgehead atoms. The summed E-state index contributed by atoms with van der Waals surface area (Å²) in [5.41, 5.74) is 5.57. The van der Waals surface area contributed by atoms with Gasteiger partial charge in [0.15, 0.2) is 0 Å². The lowest BCUT2D eigenvalue weighted by molar-refractivity contribution is -0.00980. The minimum Gasteiger partial charge on any atom is -0.444 e. The smallest absolute Gasteiger partial charge is 0.410 e. The number of amides is 1. The van der Waals surface area contributed by atoms with Crippen LogP contribution in [0.25, 0.3) is 0 Å². The van der Waals surface area contributed by atoms with Crippen molar-refractivity contribution in [1.82, 2.24) is 9.62 Å². The Morgan fingerprint density at radius 3 is 2.37 bits per heavy atom. The average Bonchev–Trinajstić information content (AvgIpc) is 2.58. The van der Waals surface area contributed by atoms with E-state index in [1.807, 2.05) is 20.8 Å². The first-order valence-electron chi connectivity index (χ1n) is 9.01. The standard InChI is InChI=1S/C18H29N3O5S/c1-18(2,3)26-17(22)21-11-8-15(9-12-21)25-13-10-20-27(23,24)16-6-4-14(19)5-7-16/h4-7,15,20H,8-13,19H2,1-3H3. The zero-order chi connectivity index (χ0) is 20.1. The van der Waals surface area contributed by atoms with Crippen LogP contribution in [-0.2, 0) is 19.5 Å². The number of nitrogens with two attached hydrogens (primary N) is 1. The van der Waals surface area contributed by atoms with Crippen LogP contribution in [0, 0.1) is 0 Å². The minimum absolute atomic E-state index is 0.00437. The molecule has 0 aromatic heterocycles. The van der Waals surface area contributed by atoms with Gasteiger partial charge in [-0.2, -0.15) is 0 Å². The van der Waals surface area contributed by atoms with Gasteiger partial charge in [-0.05, 0) is 57.9 Å². The zero-order valence-corrected chi connectivity index (χ0v) is 16.9. The molecule has 1 saturated heterocycles. The molecule has 1 heterocycles. The molecule has 1 aliphatic rings. The fourth-order valence-corrected chi connectivity index (χ4v) is 3.68. The summed E-state index contributed by atoms with van der Waals surface area (Å²) in [4.78, 5) is 13.9. The van der Waals surface area contributed by atoms with E-state index in [4.69, 9.17) is 15.2 Å². The number of anilines is 1. The van der Waals surface area contributed by atoms with E-state index in [9.17, 15) is 13.2 Å².